The van der Waals surface area contributed by atoms with Gasteiger partial charge in [0, 0.05) is 55.9 Å². The molecule has 3 aromatic heterocycles. The second-order valence-electron chi connectivity index (χ2n) is 8.50. The predicted molar refractivity (Wildman–Crippen MR) is 131 cm³/mol. The summed E-state index contributed by atoms with van der Waals surface area (Å²) in [6.07, 6.45) is -1.98. The largest absolute Gasteiger partial charge is 0.433 e. The first-order valence-corrected chi connectivity index (χ1v) is 11.2. The number of hydrogen-bond acceptors (Lipinski definition) is 6. The van der Waals surface area contributed by atoms with Crippen molar-refractivity contribution in [2.45, 2.75) is 26.1 Å². The van der Waals surface area contributed by atoms with E-state index >= 15 is 0 Å². The quantitative estimate of drug-likeness (QED) is 0.353. The maximum atomic E-state index is 13.5. The highest BCUT2D eigenvalue weighted by molar-refractivity contribution is 5.99. The highest BCUT2D eigenvalue weighted by Gasteiger charge is 2.33. The molecule has 4 aromatic rings. The Morgan fingerprint density at radius 1 is 1.00 bits per heavy atom. The van der Waals surface area contributed by atoms with Gasteiger partial charge in [0.25, 0.3) is 0 Å². The Morgan fingerprint density at radius 2 is 1.80 bits per heavy atom. The average Bonchev–Trinajstić information content (AvgIpc) is 3.10. The molecule has 1 aliphatic rings. The Balaban J connectivity index is 0.00000289. The third kappa shape index (κ3) is 5.41. The summed E-state index contributed by atoms with van der Waals surface area (Å²) in [5.74, 6) is 1.45. The molecule has 0 atom stereocenters. The van der Waals surface area contributed by atoms with Crippen LogP contribution in [0.4, 0.5) is 19.0 Å². The number of anilines is 1. The number of halogens is 4. The van der Waals surface area contributed by atoms with Crippen molar-refractivity contribution in [1.82, 2.24) is 20.0 Å². The van der Waals surface area contributed by atoms with Gasteiger partial charge in [0.05, 0.1) is 11.2 Å². The number of benzene rings is 1. The molecule has 1 saturated heterocycles. The summed E-state index contributed by atoms with van der Waals surface area (Å²) < 4.78 is 45.6. The summed E-state index contributed by atoms with van der Waals surface area (Å²) in [7, 11) is 0. The molecule has 10 heteroatoms. The molecule has 1 fully saturated rings. The standard InChI is InChI=1S/C25H24F3N5O.ClH/c1-17-14-19(31-34-17)16-32-10-5-11-33(13-12-32)24-20-8-9-22(25(26,27)28)30-23(20)21(15-29-24)18-6-3-2-4-7-18;/h2-4,6-9,14-15H,5,10-13,16H2,1H3;1H. The van der Waals surface area contributed by atoms with Gasteiger partial charge in [-0.1, -0.05) is 35.5 Å². The number of aryl methyl sites for hydroxylation is 1. The molecular weight excluding hydrogens is 479 g/mol. The fraction of sp³-hybridized carbons (Fsp3) is 0.320. The van der Waals surface area contributed by atoms with Crippen LogP contribution in [0, 0.1) is 6.92 Å². The molecule has 0 radical (unpaired) electrons. The van der Waals surface area contributed by atoms with Gasteiger partial charge < -0.3 is 9.42 Å². The number of hydrogen-bond donors (Lipinski definition) is 0. The van der Waals surface area contributed by atoms with Crippen LogP contribution >= 0.6 is 12.4 Å². The van der Waals surface area contributed by atoms with Gasteiger partial charge in [-0.25, -0.2) is 9.97 Å². The average molecular weight is 504 g/mol. The SMILES string of the molecule is Cc1cc(CN2CCCN(c3ncc(-c4ccccc4)c4nc(C(F)(F)F)ccc34)CC2)no1.Cl. The first-order chi connectivity index (χ1) is 16.4. The van der Waals surface area contributed by atoms with E-state index in [1.165, 1.54) is 6.07 Å². The van der Waals surface area contributed by atoms with E-state index in [0.717, 1.165) is 49.1 Å². The van der Waals surface area contributed by atoms with E-state index in [9.17, 15) is 13.2 Å². The molecule has 6 nitrogen and oxygen atoms in total. The van der Waals surface area contributed by atoms with Crippen LogP contribution in [0.25, 0.3) is 22.0 Å². The molecule has 5 rings (SSSR count). The molecule has 0 saturated carbocycles. The molecule has 0 bridgehead atoms. The molecular formula is C25H25ClF3N5O. The van der Waals surface area contributed by atoms with Gasteiger partial charge in [-0.05, 0) is 31.0 Å². The lowest BCUT2D eigenvalue weighted by atomic mass is 10.0. The van der Waals surface area contributed by atoms with Crippen molar-refractivity contribution in [3.8, 4) is 11.1 Å². The molecule has 0 amide bonds. The van der Waals surface area contributed by atoms with Crippen LogP contribution in [0.1, 0.15) is 23.6 Å². The minimum atomic E-state index is -4.52. The smallest absolute Gasteiger partial charge is 0.361 e. The van der Waals surface area contributed by atoms with Crippen LogP contribution in [0.15, 0.2) is 59.3 Å². The van der Waals surface area contributed by atoms with Crippen molar-refractivity contribution in [2.24, 2.45) is 0 Å². The van der Waals surface area contributed by atoms with E-state index in [0.29, 0.717) is 35.4 Å². The van der Waals surface area contributed by atoms with Gasteiger partial charge in [0.2, 0.25) is 0 Å². The molecule has 184 valence electrons. The van der Waals surface area contributed by atoms with Crippen LogP contribution in [0.5, 0.6) is 0 Å². The van der Waals surface area contributed by atoms with E-state index in [4.69, 9.17) is 9.51 Å². The third-order valence-electron chi connectivity index (χ3n) is 6.03. The molecule has 35 heavy (non-hydrogen) atoms. The van der Waals surface area contributed by atoms with Crippen molar-refractivity contribution in [2.75, 3.05) is 31.1 Å². The Hall–Kier alpha value is -3.17. The van der Waals surface area contributed by atoms with Crippen LogP contribution < -0.4 is 4.90 Å². The number of aromatic nitrogens is 3. The third-order valence-corrected chi connectivity index (χ3v) is 6.03. The summed E-state index contributed by atoms with van der Waals surface area (Å²) in [6.45, 7) is 5.69. The van der Waals surface area contributed by atoms with Gasteiger partial charge in [-0.2, -0.15) is 13.2 Å². The summed E-state index contributed by atoms with van der Waals surface area (Å²) in [6, 6.07) is 13.8. The van der Waals surface area contributed by atoms with Gasteiger partial charge in [0.15, 0.2) is 0 Å². The number of nitrogens with zero attached hydrogens (tertiary/aromatic N) is 5. The van der Waals surface area contributed by atoms with E-state index in [2.05, 4.69) is 19.9 Å². The van der Waals surface area contributed by atoms with E-state index in [1.807, 2.05) is 43.3 Å². The topological polar surface area (TPSA) is 58.3 Å². The zero-order valence-electron chi connectivity index (χ0n) is 19.1. The number of fused-ring (bicyclic) bond motifs is 1. The summed E-state index contributed by atoms with van der Waals surface area (Å²) in [4.78, 5) is 13.2. The van der Waals surface area contributed by atoms with Crippen molar-refractivity contribution in [1.29, 1.82) is 0 Å². The highest BCUT2D eigenvalue weighted by atomic mass is 35.5. The van der Waals surface area contributed by atoms with E-state index in [-0.39, 0.29) is 12.4 Å². The summed E-state index contributed by atoms with van der Waals surface area (Å²) in [5.41, 5.74) is 1.67. The predicted octanol–water partition coefficient (Wildman–Crippen LogP) is 5.75. The van der Waals surface area contributed by atoms with Crippen molar-refractivity contribution in [3.63, 3.8) is 0 Å². The molecule has 0 spiro atoms. The lowest BCUT2D eigenvalue weighted by molar-refractivity contribution is -0.140. The number of rotatable bonds is 4. The lowest BCUT2D eigenvalue weighted by Crippen LogP contribution is -2.31. The molecule has 1 aliphatic heterocycles. The number of alkyl halides is 3. The van der Waals surface area contributed by atoms with Crippen molar-refractivity contribution >= 4 is 29.1 Å². The fourth-order valence-electron chi connectivity index (χ4n) is 4.40. The van der Waals surface area contributed by atoms with Crippen LogP contribution in [-0.2, 0) is 12.7 Å². The maximum Gasteiger partial charge on any atom is 0.433 e. The zero-order valence-corrected chi connectivity index (χ0v) is 19.9. The molecule has 0 N–H and O–H groups in total. The van der Waals surface area contributed by atoms with E-state index < -0.39 is 11.9 Å². The minimum Gasteiger partial charge on any atom is -0.361 e. The zero-order chi connectivity index (χ0) is 23.7. The minimum absolute atomic E-state index is 0. The Bertz CT molecular complexity index is 1300. The first-order valence-electron chi connectivity index (χ1n) is 11.2. The van der Waals surface area contributed by atoms with Crippen LogP contribution in [0.3, 0.4) is 0 Å². The van der Waals surface area contributed by atoms with Gasteiger partial charge >= 0.3 is 6.18 Å². The van der Waals surface area contributed by atoms with Gasteiger partial charge in [0.1, 0.15) is 17.3 Å². The van der Waals surface area contributed by atoms with Gasteiger partial charge in [-0.3, -0.25) is 4.90 Å². The summed E-state index contributed by atoms with van der Waals surface area (Å²) >= 11 is 0. The second kappa shape index (κ2) is 10.2. The van der Waals surface area contributed by atoms with Gasteiger partial charge in [-0.15, -0.1) is 12.4 Å². The number of pyridine rings is 2. The first kappa shape index (κ1) is 24.9. The molecule has 0 aliphatic carbocycles. The van der Waals surface area contributed by atoms with E-state index in [1.54, 1.807) is 6.20 Å². The second-order valence-corrected chi connectivity index (χ2v) is 8.50. The Labute approximate surface area is 207 Å². The molecule has 4 heterocycles. The monoisotopic (exact) mass is 503 g/mol. The maximum absolute atomic E-state index is 13.5. The lowest BCUT2D eigenvalue weighted by Gasteiger charge is -2.24. The van der Waals surface area contributed by atoms with Crippen molar-refractivity contribution in [3.05, 3.63) is 71.9 Å². The molecule has 0 unspecified atom stereocenters. The van der Waals surface area contributed by atoms with Crippen LogP contribution in [0.2, 0.25) is 0 Å². The fourth-order valence-corrected chi connectivity index (χ4v) is 4.40. The Kier molecular flexibility index (Phi) is 7.28. The normalized spacial score (nSPS) is 15.1. The highest BCUT2D eigenvalue weighted by Crippen LogP contribution is 2.36. The van der Waals surface area contributed by atoms with Crippen LogP contribution in [-0.4, -0.2) is 46.2 Å². The summed E-state index contributed by atoms with van der Waals surface area (Å²) in [5, 5.41) is 4.70. The Morgan fingerprint density at radius 3 is 2.51 bits per heavy atom. The molecule has 1 aromatic carbocycles. The van der Waals surface area contributed by atoms with Crippen molar-refractivity contribution < 1.29 is 17.7 Å².